The molecule has 0 spiro atoms. The van der Waals surface area contributed by atoms with Crippen LogP contribution in [0.4, 0.5) is 0 Å². The molecular formula is C9H18ClN2O4P. The molecule has 8 heteroatoms. The number of rotatable bonds is 8. The zero-order valence-corrected chi connectivity index (χ0v) is 12.1. The lowest BCUT2D eigenvalue weighted by atomic mass is 10.5. The number of phosphoric ester groups is 1. The van der Waals surface area contributed by atoms with E-state index in [0.29, 0.717) is 0 Å². The Balaban J connectivity index is 4.48. The molecule has 17 heavy (non-hydrogen) atoms. The molecule has 100 valence electrons. The van der Waals surface area contributed by atoms with Crippen molar-refractivity contribution in [2.75, 3.05) is 6.54 Å². The Bertz CT molecular complexity index is 292. The normalized spacial score (nSPS) is 12.4. The Labute approximate surface area is 107 Å². The lowest BCUT2D eigenvalue weighted by Gasteiger charge is -2.23. The summed E-state index contributed by atoms with van der Waals surface area (Å²) in [7, 11) is -3.74. The lowest BCUT2D eigenvalue weighted by molar-refractivity contribution is -0.0316. The molecular weight excluding hydrogens is 267 g/mol. The van der Waals surface area contributed by atoms with Gasteiger partial charge in [-0.15, -0.1) is 0 Å². The molecule has 0 rings (SSSR count). The van der Waals surface area contributed by atoms with Crippen LogP contribution in [0.15, 0.2) is 0 Å². The summed E-state index contributed by atoms with van der Waals surface area (Å²) in [6.07, 6.45) is -0.520. The molecule has 0 saturated carbocycles. The van der Waals surface area contributed by atoms with Crippen LogP contribution in [0.5, 0.6) is 0 Å². The second-order valence-electron chi connectivity index (χ2n) is 3.79. The summed E-state index contributed by atoms with van der Waals surface area (Å²) in [5.74, 6) is 0. The van der Waals surface area contributed by atoms with Crippen molar-refractivity contribution < 1.29 is 18.2 Å². The summed E-state index contributed by atoms with van der Waals surface area (Å²) >= 11 is 5.64. The predicted octanol–water partition coefficient (Wildman–Crippen LogP) is 3.25. The molecule has 0 fully saturated rings. The van der Waals surface area contributed by atoms with Gasteiger partial charge in [0.2, 0.25) is 0 Å². The van der Waals surface area contributed by atoms with E-state index in [1.807, 2.05) is 6.07 Å². The maximum Gasteiger partial charge on any atom is 0.493 e. The summed E-state index contributed by atoms with van der Waals surface area (Å²) in [4.78, 5) is 0. The molecule has 0 aromatic rings. The molecule has 0 aromatic carbocycles. The molecule has 0 aliphatic heterocycles. The van der Waals surface area contributed by atoms with Crippen LogP contribution in [0.25, 0.3) is 0 Å². The Morgan fingerprint density at radius 1 is 1.29 bits per heavy atom. The van der Waals surface area contributed by atoms with E-state index >= 15 is 0 Å². The lowest BCUT2D eigenvalue weighted by Crippen LogP contribution is -2.18. The van der Waals surface area contributed by atoms with Gasteiger partial charge in [-0.1, -0.05) is 4.58 Å². The fourth-order valence-corrected chi connectivity index (χ4v) is 2.64. The average Bonchev–Trinajstić information content (AvgIpc) is 2.10. The molecule has 0 saturated heterocycles. The van der Waals surface area contributed by atoms with Gasteiger partial charge < -0.3 is 0 Å². The van der Waals surface area contributed by atoms with Gasteiger partial charge in [-0.05, 0) is 27.7 Å². The molecule has 0 radical (unpaired) electrons. The first kappa shape index (κ1) is 16.9. The number of hydroxylamine groups is 1. The Morgan fingerprint density at radius 2 is 1.76 bits per heavy atom. The molecule has 0 aliphatic rings. The quantitative estimate of drug-likeness (QED) is 0.387. The molecule has 0 unspecified atom stereocenters. The predicted molar refractivity (Wildman–Crippen MR) is 63.9 cm³/mol. The van der Waals surface area contributed by atoms with E-state index in [4.69, 9.17) is 30.7 Å². The topological polar surface area (TPSA) is 71.8 Å². The van der Waals surface area contributed by atoms with Crippen molar-refractivity contribution in [3.05, 3.63) is 0 Å². The number of hydrogen-bond donors (Lipinski definition) is 0. The van der Waals surface area contributed by atoms with E-state index in [2.05, 4.69) is 0 Å². The number of nitrogens with zero attached hydrogens (tertiary/aromatic N) is 2. The summed E-state index contributed by atoms with van der Waals surface area (Å²) in [6.45, 7) is 6.91. The van der Waals surface area contributed by atoms with E-state index in [1.165, 1.54) is 0 Å². The first-order valence-electron chi connectivity index (χ1n) is 5.26. The number of hydrogen-bond acceptors (Lipinski definition) is 6. The SMILES string of the molecule is CC(C)OP(=O)(OC(C)C)ON(Cl)CCC#N. The van der Waals surface area contributed by atoms with Crippen LogP contribution in [-0.2, 0) is 18.2 Å². The van der Waals surface area contributed by atoms with Crippen LogP contribution in [0.3, 0.4) is 0 Å². The largest absolute Gasteiger partial charge is 0.493 e. The third kappa shape index (κ3) is 8.56. The minimum atomic E-state index is -3.74. The van der Waals surface area contributed by atoms with Crippen molar-refractivity contribution in [3.63, 3.8) is 0 Å². The molecule has 0 heterocycles. The van der Waals surface area contributed by atoms with Gasteiger partial charge in [0.15, 0.2) is 0 Å². The zero-order chi connectivity index (χ0) is 13.5. The first-order chi connectivity index (χ1) is 7.79. The van der Waals surface area contributed by atoms with E-state index in [9.17, 15) is 4.57 Å². The zero-order valence-electron chi connectivity index (χ0n) is 10.4. The highest BCUT2D eigenvalue weighted by molar-refractivity contribution is 7.48. The van der Waals surface area contributed by atoms with Gasteiger partial charge in [0.05, 0.1) is 31.2 Å². The van der Waals surface area contributed by atoms with Crippen LogP contribution in [-0.4, -0.2) is 23.3 Å². The number of nitriles is 1. The van der Waals surface area contributed by atoms with E-state index in [-0.39, 0.29) is 25.2 Å². The van der Waals surface area contributed by atoms with Crippen molar-refractivity contribution in [1.29, 1.82) is 5.26 Å². The maximum absolute atomic E-state index is 12.1. The smallest absolute Gasteiger partial charge is 0.283 e. The van der Waals surface area contributed by atoms with Gasteiger partial charge in [-0.2, -0.15) is 9.89 Å². The van der Waals surface area contributed by atoms with E-state index < -0.39 is 7.82 Å². The Morgan fingerprint density at radius 3 is 2.12 bits per heavy atom. The van der Waals surface area contributed by atoms with Crippen molar-refractivity contribution in [1.82, 2.24) is 4.58 Å². The second-order valence-corrected chi connectivity index (χ2v) is 5.64. The first-order valence-corrected chi connectivity index (χ1v) is 7.05. The van der Waals surface area contributed by atoms with Crippen LogP contribution < -0.4 is 0 Å². The van der Waals surface area contributed by atoms with Gasteiger partial charge in [0.25, 0.3) is 0 Å². The highest BCUT2D eigenvalue weighted by atomic mass is 35.5. The van der Waals surface area contributed by atoms with Crippen LogP contribution >= 0.6 is 19.6 Å². The Hall–Kier alpha value is -0.150. The summed E-state index contributed by atoms with van der Waals surface area (Å²) in [5.41, 5.74) is 0. The molecule has 0 aromatic heterocycles. The van der Waals surface area contributed by atoms with Gasteiger partial charge in [0, 0.05) is 11.8 Å². The minimum Gasteiger partial charge on any atom is -0.283 e. The van der Waals surface area contributed by atoms with Gasteiger partial charge in [-0.25, -0.2) is 4.57 Å². The summed E-state index contributed by atoms with van der Waals surface area (Å²) in [5, 5.41) is 8.38. The maximum atomic E-state index is 12.1. The highest BCUT2D eigenvalue weighted by Gasteiger charge is 2.32. The van der Waals surface area contributed by atoms with Crippen molar-refractivity contribution in [2.45, 2.75) is 46.3 Å². The van der Waals surface area contributed by atoms with Crippen molar-refractivity contribution in [3.8, 4) is 6.07 Å². The van der Waals surface area contributed by atoms with Crippen molar-refractivity contribution in [2.24, 2.45) is 0 Å². The van der Waals surface area contributed by atoms with E-state index in [1.54, 1.807) is 27.7 Å². The third-order valence-electron chi connectivity index (χ3n) is 1.27. The molecule has 6 nitrogen and oxygen atoms in total. The molecule has 0 amide bonds. The summed E-state index contributed by atoms with van der Waals surface area (Å²) < 4.78 is 28.0. The summed E-state index contributed by atoms with van der Waals surface area (Å²) in [6, 6.07) is 1.89. The number of halogens is 1. The van der Waals surface area contributed by atoms with Gasteiger partial charge in [0.1, 0.15) is 0 Å². The average molecular weight is 285 g/mol. The molecule has 0 atom stereocenters. The minimum absolute atomic E-state index is 0.102. The monoisotopic (exact) mass is 284 g/mol. The van der Waals surface area contributed by atoms with Crippen molar-refractivity contribution >= 4 is 19.6 Å². The number of phosphoric acid groups is 1. The Kier molecular flexibility index (Phi) is 7.97. The standard InChI is InChI=1S/C9H18ClN2O4P/c1-8(2)14-17(13,15-9(3)4)16-12(10)7-5-6-11/h8-9H,5,7H2,1-4H3. The molecule has 0 N–H and O–H groups in total. The molecule has 0 bridgehead atoms. The van der Waals surface area contributed by atoms with E-state index in [0.717, 1.165) is 4.58 Å². The highest BCUT2D eigenvalue weighted by Crippen LogP contribution is 2.52. The van der Waals surface area contributed by atoms with Crippen LogP contribution in [0.1, 0.15) is 34.1 Å². The van der Waals surface area contributed by atoms with Crippen LogP contribution in [0.2, 0.25) is 0 Å². The fourth-order valence-electron chi connectivity index (χ4n) is 0.867. The molecule has 0 aliphatic carbocycles. The second kappa shape index (κ2) is 8.04. The van der Waals surface area contributed by atoms with Gasteiger partial charge >= 0.3 is 7.82 Å². The van der Waals surface area contributed by atoms with Crippen LogP contribution in [0, 0.1) is 11.3 Å². The fraction of sp³-hybridized carbons (Fsp3) is 0.889. The van der Waals surface area contributed by atoms with Gasteiger partial charge in [-0.3, -0.25) is 9.05 Å². The third-order valence-corrected chi connectivity index (χ3v) is 3.36.